The molecule has 1 aliphatic carbocycles. The largest absolute Gasteiger partial charge is 0.456 e. The molecule has 4 nitrogen and oxygen atoms in total. The van der Waals surface area contributed by atoms with Gasteiger partial charge in [-0.15, -0.1) is 0 Å². The van der Waals surface area contributed by atoms with Crippen molar-refractivity contribution in [2.24, 2.45) is 0 Å². The monoisotopic (exact) mass is 599 g/mol. The van der Waals surface area contributed by atoms with E-state index in [0.717, 1.165) is 44.2 Å². The van der Waals surface area contributed by atoms with E-state index >= 15 is 0 Å². The molecular formula is C43H25N3O. The summed E-state index contributed by atoms with van der Waals surface area (Å²) >= 11 is 0. The highest BCUT2D eigenvalue weighted by Gasteiger charge is 2.23. The molecule has 0 atom stereocenters. The standard InChI is InChI=1S/C43H25N3O/c1-3-11-26(12-4-1)41-44-42(27-13-5-2-6-14-27)46-43(45-41)36-19-10-20-37-40(36)35-22-21-28(25-38(35)47-37)29-23-24-34-31-16-8-7-15-30(31)33-18-9-17-32(29)39(33)34/h1-25H. The summed E-state index contributed by atoms with van der Waals surface area (Å²) in [6, 6.07) is 52.6. The van der Waals surface area contributed by atoms with Gasteiger partial charge in [0.05, 0.1) is 0 Å². The molecule has 218 valence electrons. The summed E-state index contributed by atoms with van der Waals surface area (Å²) in [6.07, 6.45) is 0. The Morgan fingerprint density at radius 2 is 0.894 bits per heavy atom. The second-order valence-electron chi connectivity index (χ2n) is 12.0. The molecule has 9 aromatic rings. The van der Waals surface area contributed by atoms with E-state index in [1.54, 1.807) is 0 Å². The number of nitrogens with zero attached hydrogens (tertiary/aromatic N) is 3. The van der Waals surface area contributed by atoms with Crippen molar-refractivity contribution in [3.63, 3.8) is 0 Å². The van der Waals surface area contributed by atoms with Crippen molar-refractivity contribution in [3.8, 4) is 67.5 Å². The Balaban J connectivity index is 1.15. The molecule has 0 aliphatic heterocycles. The van der Waals surface area contributed by atoms with Gasteiger partial charge in [-0.3, -0.25) is 0 Å². The fourth-order valence-electron chi connectivity index (χ4n) is 7.17. The normalized spacial score (nSPS) is 11.8. The Morgan fingerprint density at radius 1 is 0.319 bits per heavy atom. The molecule has 4 heteroatoms. The molecule has 0 radical (unpaired) electrons. The highest BCUT2D eigenvalue weighted by atomic mass is 16.3. The van der Waals surface area contributed by atoms with E-state index in [0.29, 0.717) is 17.5 Å². The van der Waals surface area contributed by atoms with Gasteiger partial charge in [0.1, 0.15) is 11.2 Å². The molecule has 47 heavy (non-hydrogen) atoms. The summed E-state index contributed by atoms with van der Waals surface area (Å²) in [5, 5.41) is 4.59. The van der Waals surface area contributed by atoms with Gasteiger partial charge in [0, 0.05) is 27.5 Å². The van der Waals surface area contributed by atoms with Crippen LogP contribution in [-0.2, 0) is 0 Å². The Morgan fingerprint density at radius 3 is 1.62 bits per heavy atom. The summed E-state index contributed by atoms with van der Waals surface area (Å²) in [4.78, 5) is 14.9. The first-order valence-corrected chi connectivity index (χ1v) is 15.8. The molecule has 0 spiro atoms. The van der Waals surface area contributed by atoms with Gasteiger partial charge in [0.15, 0.2) is 17.5 Å². The van der Waals surface area contributed by atoms with Gasteiger partial charge < -0.3 is 4.42 Å². The zero-order chi connectivity index (χ0) is 30.9. The van der Waals surface area contributed by atoms with Crippen LogP contribution in [-0.4, -0.2) is 15.0 Å². The number of hydrogen-bond donors (Lipinski definition) is 0. The van der Waals surface area contributed by atoms with Crippen LogP contribution < -0.4 is 0 Å². The summed E-state index contributed by atoms with van der Waals surface area (Å²) in [6.45, 7) is 0. The van der Waals surface area contributed by atoms with E-state index in [1.807, 2.05) is 72.8 Å². The van der Waals surface area contributed by atoms with E-state index in [1.165, 1.54) is 38.6 Å². The Bertz CT molecular complexity index is 2590. The molecule has 0 N–H and O–H groups in total. The van der Waals surface area contributed by atoms with Crippen molar-refractivity contribution in [1.29, 1.82) is 0 Å². The van der Waals surface area contributed by atoms with Gasteiger partial charge in [0.25, 0.3) is 0 Å². The summed E-state index contributed by atoms with van der Waals surface area (Å²) in [5.74, 6) is 1.88. The molecule has 0 saturated heterocycles. The number of hydrogen-bond acceptors (Lipinski definition) is 4. The minimum absolute atomic E-state index is 0.613. The maximum absolute atomic E-state index is 6.56. The predicted molar refractivity (Wildman–Crippen MR) is 191 cm³/mol. The van der Waals surface area contributed by atoms with Crippen molar-refractivity contribution in [2.45, 2.75) is 0 Å². The average Bonchev–Trinajstić information content (AvgIpc) is 3.69. The smallest absolute Gasteiger partial charge is 0.164 e. The van der Waals surface area contributed by atoms with Gasteiger partial charge in [-0.05, 0) is 62.4 Å². The Kier molecular flexibility index (Phi) is 5.54. The minimum atomic E-state index is 0.613. The van der Waals surface area contributed by atoms with E-state index < -0.39 is 0 Å². The highest BCUT2D eigenvalue weighted by molar-refractivity contribution is 6.19. The minimum Gasteiger partial charge on any atom is -0.456 e. The van der Waals surface area contributed by atoms with Gasteiger partial charge in [-0.1, -0.05) is 133 Å². The van der Waals surface area contributed by atoms with Crippen LogP contribution in [0.1, 0.15) is 0 Å². The Labute approximate surface area is 270 Å². The number of furan rings is 1. The SMILES string of the molecule is c1ccc(-c2nc(-c3ccccc3)nc(-c3cccc4oc5cc(-c6ccc7c8c(cccc68)-c6ccccc6-7)ccc5c34)n2)cc1. The van der Waals surface area contributed by atoms with Crippen LogP contribution >= 0.6 is 0 Å². The summed E-state index contributed by atoms with van der Waals surface area (Å²) in [5.41, 5.74) is 11.9. The van der Waals surface area contributed by atoms with Crippen molar-refractivity contribution in [2.75, 3.05) is 0 Å². The summed E-state index contributed by atoms with van der Waals surface area (Å²) < 4.78 is 6.56. The third-order valence-corrected chi connectivity index (χ3v) is 9.30. The molecular weight excluding hydrogens is 574 g/mol. The first-order valence-electron chi connectivity index (χ1n) is 15.8. The zero-order valence-corrected chi connectivity index (χ0v) is 25.2. The van der Waals surface area contributed by atoms with Crippen LogP contribution in [0.25, 0.3) is 100 Å². The first-order chi connectivity index (χ1) is 23.3. The van der Waals surface area contributed by atoms with Crippen LogP contribution in [0, 0.1) is 0 Å². The summed E-state index contributed by atoms with van der Waals surface area (Å²) in [7, 11) is 0. The topological polar surface area (TPSA) is 51.8 Å². The lowest BCUT2D eigenvalue weighted by atomic mass is 9.94. The lowest BCUT2D eigenvalue weighted by molar-refractivity contribution is 0.669. The first kappa shape index (κ1) is 25.9. The number of rotatable bonds is 4. The predicted octanol–water partition coefficient (Wildman–Crippen LogP) is 11.2. The second kappa shape index (κ2) is 10.1. The molecule has 2 aromatic heterocycles. The second-order valence-corrected chi connectivity index (χ2v) is 12.0. The molecule has 1 aliphatic rings. The van der Waals surface area contributed by atoms with Crippen molar-refractivity contribution in [3.05, 3.63) is 152 Å². The molecule has 0 saturated carbocycles. The molecule has 0 fully saturated rings. The van der Waals surface area contributed by atoms with Crippen LogP contribution in [0.15, 0.2) is 156 Å². The Hall–Kier alpha value is -6.39. The van der Waals surface area contributed by atoms with Gasteiger partial charge in [-0.25, -0.2) is 15.0 Å². The van der Waals surface area contributed by atoms with Gasteiger partial charge >= 0.3 is 0 Å². The van der Waals surface area contributed by atoms with Crippen molar-refractivity contribution < 1.29 is 4.42 Å². The highest BCUT2D eigenvalue weighted by Crippen LogP contribution is 2.49. The quantitative estimate of drug-likeness (QED) is 0.202. The van der Waals surface area contributed by atoms with Crippen molar-refractivity contribution in [1.82, 2.24) is 15.0 Å². The van der Waals surface area contributed by atoms with E-state index in [9.17, 15) is 0 Å². The van der Waals surface area contributed by atoms with Crippen LogP contribution in [0.4, 0.5) is 0 Å². The van der Waals surface area contributed by atoms with E-state index in [-0.39, 0.29) is 0 Å². The lowest BCUT2D eigenvalue weighted by Crippen LogP contribution is -2.00. The fourth-order valence-corrected chi connectivity index (χ4v) is 7.17. The molecule has 0 amide bonds. The molecule has 0 bridgehead atoms. The van der Waals surface area contributed by atoms with Crippen LogP contribution in [0.2, 0.25) is 0 Å². The zero-order valence-electron chi connectivity index (χ0n) is 25.2. The molecule has 0 unspecified atom stereocenters. The van der Waals surface area contributed by atoms with Gasteiger partial charge in [-0.2, -0.15) is 0 Å². The maximum Gasteiger partial charge on any atom is 0.164 e. The van der Waals surface area contributed by atoms with Crippen LogP contribution in [0.5, 0.6) is 0 Å². The van der Waals surface area contributed by atoms with E-state index in [4.69, 9.17) is 19.4 Å². The molecule has 2 heterocycles. The average molecular weight is 600 g/mol. The van der Waals surface area contributed by atoms with Crippen molar-refractivity contribution >= 4 is 32.7 Å². The third-order valence-electron chi connectivity index (χ3n) is 9.30. The lowest BCUT2D eigenvalue weighted by Gasteiger charge is -2.10. The number of aromatic nitrogens is 3. The molecule has 10 rings (SSSR count). The molecule has 7 aromatic carbocycles. The van der Waals surface area contributed by atoms with Crippen LogP contribution in [0.3, 0.4) is 0 Å². The third kappa shape index (κ3) is 3.98. The fraction of sp³-hybridized carbons (Fsp3) is 0. The van der Waals surface area contributed by atoms with E-state index in [2.05, 4.69) is 78.9 Å². The maximum atomic E-state index is 6.56. The number of fused-ring (bicyclic) bond motifs is 6. The number of benzene rings is 7. The van der Waals surface area contributed by atoms with Gasteiger partial charge in [0.2, 0.25) is 0 Å².